The van der Waals surface area contributed by atoms with Crippen molar-refractivity contribution < 1.29 is 0 Å². The molecule has 0 aliphatic carbocycles. The summed E-state index contributed by atoms with van der Waals surface area (Å²) in [6.45, 7) is 11.9. The summed E-state index contributed by atoms with van der Waals surface area (Å²) < 4.78 is 0. The first-order chi connectivity index (χ1) is 7.25. The number of rotatable bonds is 6. The van der Waals surface area contributed by atoms with E-state index in [0.29, 0.717) is 0 Å². The summed E-state index contributed by atoms with van der Waals surface area (Å²) in [5.41, 5.74) is 0. The van der Waals surface area contributed by atoms with Crippen LogP contribution in [0.25, 0.3) is 0 Å². The smallest absolute Gasteiger partial charge is 0.0110 e. The van der Waals surface area contributed by atoms with Gasteiger partial charge in [0.1, 0.15) is 0 Å². The lowest BCUT2D eigenvalue weighted by atomic mass is 9.92. The van der Waals surface area contributed by atoms with Crippen LogP contribution in [0.1, 0.15) is 46.5 Å². The Hall–Kier alpha value is -0.0800. The van der Waals surface area contributed by atoms with Gasteiger partial charge in [0.25, 0.3) is 0 Å². The van der Waals surface area contributed by atoms with E-state index in [1.807, 2.05) is 0 Å². The van der Waals surface area contributed by atoms with E-state index in [-0.39, 0.29) is 0 Å². The predicted octanol–water partition coefficient (Wildman–Crippen LogP) is 2.50. The molecule has 0 saturated carbocycles. The highest BCUT2D eigenvalue weighted by Crippen LogP contribution is 2.21. The number of piperidine rings is 1. The van der Waals surface area contributed by atoms with Crippen molar-refractivity contribution in [2.24, 2.45) is 5.92 Å². The van der Waals surface area contributed by atoms with E-state index in [4.69, 9.17) is 0 Å². The first kappa shape index (κ1) is 13.0. The van der Waals surface area contributed by atoms with Gasteiger partial charge in [-0.3, -0.25) is 4.90 Å². The van der Waals surface area contributed by atoms with Crippen LogP contribution in [0.4, 0.5) is 0 Å². The molecule has 0 bridgehead atoms. The minimum atomic E-state index is 0.784. The SMILES string of the molecule is CCCCNCCN1CCCC(C)C1C. The molecule has 1 fully saturated rings. The zero-order valence-corrected chi connectivity index (χ0v) is 10.8. The van der Waals surface area contributed by atoms with Gasteiger partial charge in [-0.25, -0.2) is 0 Å². The van der Waals surface area contributed by atoms with Gasteiger partial charge < -0.3 is 5.32 Å². The van der Waals surface area contributed by atoms with Gasteiger partial charge in [0.2, 0.25) is 0 Å². The Morgan fingerprint density at radius 2 is 2.07 bits per heavy atom. The molecule has 1 saturated heterocycles. The molecule has 2 nitrogen and oxygen atoms in total. The Morgan fingerprint density at radius 1 is 1.27 bits per heavy atom. The van der Waals surface area contributed by atoms with Crippen molar-refractivity contribution in [3.05, 3.63) is 0 Å². The highest BCUT2D eigenvalue weighted by atomic mass is 15.2. The zero-order chi connectivity index (χ0) is 11.1. The number of nitrogens with zero attached hydrogens (tertiary/aromatic N) is 1. The monoisotopic (exact) mass is 212 g/mol. The summed E-state index contributed by atoms with van der Waals surface area (Å²) in [5.74, 6) is 0.884. The van der Waals surface area contributed by atoms with E-state index in [1.165, 1.54) is 45.3 Å². The lowest BCUT2D eigenvalue weighted by molar-refractivity contribution is 0.115. The van der Waals surface area contributed by atoms with Crippen LogP contribution in [0, 0.1) is 5.92 Å². The molecule has 2 atom stereocenters. The van der Waals surface area contributed by atoms with Gasteiger partial charge in [0.05, 0.1) is 0 Å². The molecule has 1 N–H and O–H groups in total. The highest BCUT2D eigenvalue weighted by molar-refractivity contribution is 4.78. The summed E-state index contributed by atoms with van der Waals surface area (Å²) in [7, 11) is 0. The Labute approximate surface area is 95.4 Å². The minimum absolute atomic E-state index is 0.784. The quantitative estimate of drug-likeness (QED) is 0.681. The summed E-state index contributed by atoms with van der Waals surface area (Å²) in [5, 5.41) is 3.53. The molecule has 1 aliphatic rings. The molecular formula is C13H28N2. The van der Waals surface area contributed by atoms with Gasteiger partial charge in [0.15, 0.2) is 0 Å². The molecule has 0 aromatic carbocycles. The first-order valence-corrected chi connectivity index (χ1v) is 6.70. The van der Waals surface area contributed by atoms with Crippen molar-refractivity contribution in [3.8, 4) is 0 Å². The zero-order valence-electron chi connectivity index (χ0n) is 10.8. The number of unbranched alkanes of at least 4 members (excludes halogenated alkanes) is 1. The van der Waals surface area contributed by atoms with Gasteiger partial charge in [-0.1, -0.05) is 20.3 Å². The molecule has 2 heteroatoms. The van der Waals surface area contributed by atoms with Crippen LogP contribution in [-0.2, 0) is 0 Å². The van der Waals surface area contributed by atoms with Crippen LogP contribution in [-0.4, -0.2) is 37.1 Å². The van der Waals surface area contributed by atoms with Crippen molar-refractivity contribution in [3.63, 3.8) is 0 Å². The average molecular weight is 212 g/mol. The summed E-state index contributed by atoms with van der Waals surface area (Å²) >= 11 is 0. The van der Waals surface area contributed by atoms with Gasteiger partial charge in [-0.2, -0.15) is 0 Å². The summed E-state index contributed by atoms with van der Waals surface area (Å²) in [4.78, 5) is 2.65. The molecule has 2 unspecified atom stereocenters. The second-order valence-electron chi connectivity index (χ2n) is 5.00. The van der Waals surface area contributed by atoms with Crippen LogP contribution in [0.15, 0.2) is 0 Å². The van der Waals surface area contributed by atoms with Gasteiger partial charge in [-0.15, -0.1) is 0 Å². The highest BCUT2D eigenvalue weighted by Gasteiger charge is 2.23. The van der Waals surface area contributed by atoms with Crippen molar-refractivity contribution >= 4 is 0 Å². The van der Waals surface area contributed by atoms with E-state index < -0.39 is 0 Å². The Kier molecular flexibility index (Phi) is 6.26. The first-order valence-electron chi connectivity index (χ1n) is 6.70. The maximum atomic E-state index is 3.53. The van der Waals surface area contributed by atoms with E-state index in [2.05, 4.69) is 31.0 Å². The molecule has 0 radical (unpaired) electrons. The molecule has 15 heavy (non-hydrogen) atoms. The predicted molar refractivity (Wildman–Crippen MR) is 67.2 cm³/mol. The molecule has 1 rings (SSSR count). The fraction of sp³-hybridized carbons (Fsp3) is 1.00. The maximum absolute atomic E-state index is 3.53. The number of hydrogen-bond donors (Lipinski definition) is 1. The van der Waals surface area contributed by atoms with Crippen molar-refractivity contribution in [1.82, 2.24) is 10.2 Å². The number of nitrogens with one attached hydrogen (secondary N) is 1. The third-order valence-corrected chi connectivity index (χ3v) is 3.79. The molecule has 0 spiro atoms. The van der Waals surface area contributed by atoms with Crippen LogP contribution < -0.4 is 5.32 Å². The minimum Gasteiger partial charge on any atom is -0.315 e. The van der Waals surface area contributed by atoms with Crippen LogP contribution in [0.2, 0.25) is 0 Å². The topological polar surface area (TPSA) is 15.3 Å². The molecular weight excluding hydrogens is 184 g/mol. The fourth-order valence-electron chi connectivity index (χ4n) is 2.39. The molecule has 1 aliphatic heterocycles. The largest absolute Gasteiger partial charge is 0.315 e. The normalized spacial score (nSPS) is 28.2. The van der Waals surface area contributed by atoms with Crippen molar-refractivity contribution in [1.29, 1.82) is 0 Å². The molecule has 1 heterocycles. The molecule has 0 amide bonds. The number of hydrogen-bond acceptors (Lipinski definition) is 2. The van der Waals surface area contributed by atoms with E-state index in [0.717, 1.165) is 18.5 Å². The van der Waals surface area contributed by atoms with Gasteiger partial charge in [-0.05, 0) is 45.2 Å². The molecule has 0 aromatic rings. The number of likely N-dealkylation sites (tertiary alicyclic amines) is 1. The lowest BCUT2D eigenvalue weighted by Crippen LogP contribution is -2.45. The fourth-order valence-corrected chi connectivity index (χ4v) is 2.39. The summed E-state index contributed by atoms with van der Waals surface area (Å²) in [6.07, 6.45) is 5.41. The molecule has 90 valence electrons. The Balaban J connectivity index is 2.09. The van der Waals surface area contributed by atoms with E-state index in [1.54, 1.807) is 0 Å². The van der Waals surface area contributed by atoms with Crippen LogP contribution >= 0.6 is 0 Å². The van der Waals surface area contributed by atoms with Gasteiger partial charge >= 0.3 is 0 Å². The van der Waals surface area contributed by atoms with Crippen molar-refractivity contribution in [2.75, 3.05) is 26.2 Å². The second-order valence-corrected chi connectivity index (χ2v) is 5.00. The lowest BCUT2D eigenvalue weighted by Gasteiger charge is -2.37. The maximum Gasteiger partial charge on any atom is 0.0110 e. The van der Waals surface area contributed by atoms with Crippen LogP contribution in [0.3, 0.4) is 0 Å². The third kappa shape index (κ3) is 4.52. The second kappa shape index (κ2) is 7.24. The van der Waals surface area contributed by atoms with Gasteiger partial charge in [0, 0.05) is 19.1 Å². The van der Waals surface area contributed by atoms with E-state index in [9.17, 15) is 0 Å². The summed E-state index contributed by atoms with van der Waals surface area (Å²) in [6, 6.07) is 0.784. The van der Waals surface area contributed by atoms with Crippen molar-refractivity contribution in [2.45, 2.75) is 52.5 Å². The molecule has 0 aromatic heterocycles. The van der Waals surface area contributed by atoms with E-state index >= 15 is 0 Å². The standard InChI is InChI=1S/C13H28N2/c1-4-5-8-14-9-11-15-10-6-7-12(2)13(15)3/h12-14H,4-11H2,1-3H3. The Morgan fingerprint density at radius 3 is 2.80 bits per heavy atom. The Bertz CT molecular complexity index is 159. The van der Waals surface area contributed by atoms with Crippen LogP contribution in [0.5, 0.6) is 0 Å². The average Bonchev–Trinajstić information content (AvgIpc) is 2.24. The third-order valence-electron chi connectivity index (χ3n) is 3.79.